The van der Waals surface area contributed by atoms with E-state index in [1.165, 1.54) is 12.5 Å². The number of benzene rings is 1. The van der Waals surface area contributed by atoms with Gasteiger partial charge in [0, 0.05) is 42.7 Å². The van der Waals surface area contributed by atoms with Crippen molar-refractivity contribution in [1.82, 2.24) is 15.6 Å². The van der Waals surface area contributed by atoms with Gasteiger partial charge in [-0.15, -0.1) is 0 Å². The second-order valence-electron chi connectivity index (χ2n) is 12.0. The van der Waals surface area contributed by atoms with E-state index in [1.54, 1.807) is 0 Å². The topological polar surface area (TPSA) is 83.5 Å². The number of fused-ring (bicyclic) bond motifs is 1. The van der Waals surface area contributed by atoms with Gasteiger partial charge in [-0.3, -0.25) is 4.79 Å². The first-order chi connectivity index (χ1) is 16.9. The number of amides is 1. The van der Waals surface area contributed by atoms with Crippen LogP contribution in [0, 0.1) is 11.3 Å². The highest BCUT2D eigenvalue weighted by atomic mass is 35.5. The van der Waals surface area contributed by atoms with Crippen molar-refractivity contribution in [2.24, 2.45) is 11.3 Å². The Morgan fingerprint density at radius 2 is 2.00 bits per heavy atom. The van der Waals surface area contributed by atoms with Crippen molar-refractivity contribution in [2.75, 3.05) is 6.54 Å². The van der Waals surface area contributed by atoms with Gasteiger partial charge in [0.15, 0.2) is 0 Å². The Morgan fingerprint density at radius 3 is 2.58 bits per heavy atom. The third-order valence-electron chi connectivity index (χ3n) is 7.59. The molecule has 6 nitrogen and oxygen atoms in total. The lowest BCUT2D eigenvalue weighted by molar-refractivity contribution is -0.120. The van der Waals surface area contributed by atoms with Gasteiger partial charge in [-0.05, 0) is 66.3 Å². The molecule has 3 N–H and O–H groups in total. The third-order valence-corrected chi connectivity index (χ3v) is 7.84. The van der Waals surface area contributed by atoms with Gasteiger partial charge >= 0.3 is 0 Å². The van der Waals surface area contributed by atoms with E-state index in [2.05, 4.69) is 44.4 Å². The molecule has 0 bridgehead atoms. The summed E-state index contributed by atoms with van der Waals surface area (Å²) in [4.78, 5) is 16.6. The van der Waals surface area contributed by atoms with Crippen molar-refractivity contribution in [1.29, 1.82) is 0 Å². The number of rotatable bonds is 8. The minimum atomic E-state index is -0.767. The summed E-state index contributed by atoms with van der Waals surface area (Å²) in [5.41, 5.74) is 3.21. The van der Waals surface area contributed by atoms with Gasteiger partial charge in [0.05, 0.1) is 12.1 Å². The van der Waals surface area contributed by atoms with Crippen LogP contribution >= 0.6 is 11.6 Å². The highest BCUT2D eigenvalue weighted by Crippen LogP contribution is 2.51. The Bertz CT molecular complexity index is 1070. The molecule has 1 aliphatic heterocycles. The summed E-state index contributed by atoms with van der Waals surface area (Å²) in [5.74, 6) is 1.01. The number of ether oxygens (including phenoxy) is 1. The van der Waals surface area contributed by atoms with Crippen LogP contribution < -0.4 is 15.4 Å². The molecule has 1 amide bonds. The molecule has 1 aromatic heterocycles. The maximum absolute atomic E-state index is 11.9. The normalized spacial score (nSPS) is 24.9. The second-order valence-corrected chi connectivity index (χ2v) is 12.4. The average molecular weight is 514 g/mol. The molecule has 36 heavy (non-hydrogen) atoms. The third kappa shape index (κ3) is 6.39. The van der Waals surface area contributed by atoms with Crippen LogP contribution in [0.25, 0.3) is 0 Å². The summed E-state index contributed by atoms with van der Waals surface area (Å²) in [6.07, 6.45) is 5.63. The Balaban J connectivity index is 1.52. The van der Waals surface area contributed by atoms with Gasteiger partial charge in [-0.1, -0.05) is 51.4 Å². The maximum atomic E-state index is 11.9. The maximum Gasteiger partial charge on any atom is 0.218 e. The van der Waals surface area contributed by atoms with E-state index in [1.807, 2.05) is 30.5 Å². The number of pyridine rings is 1. The number of nitrogens with zero attached hydrogens (tertiary/aromatic N) is 1. The summed E-state index contributed by atoms with van der Waals surface area (Å²) >= 11 is 6.02. The first kappa shape index (κ1) is 26.9. The molecule has 0 radical (unpaired) electrons. The standard InChI is InChI=1S/C29H40ClN3O3/c1-18-10-11-29(18)15-25(23-12-21(14-28(3,4)5)16-32-27(23)36-29)31-17-26(35)24(33-19(2)34)13-20-6-8-22(30)9-7-20/h6-9,12,16,18,24-26,31,35H,10-11,13-15,17H2,1-5H3,(H,33,34)/t18-,24-,25-,26+,29-/m0/s1. The highest BCUT2D eigenvalue weighted by molar-refractivity contribution is 6.30. The Labute approximate surface area is 220 Å². The molecule has 1 saturated carbocycles. The second kappa shape index (κ2) is 10.7. The Hall–Kier alpha value is -2.15. The lowest BCUT2D eigenvalue weighted by atomic mass is 9.65. The lowest BCUT2D eigenvalue weighted by Gasteiger charge is -2.52. The number of hydrogen-bond donors (Lipinski definition) is 3. The van der Waals surface area contributed by atoms with E-state index < -0.39 is 12.1 Å². The van der Waals surface area contributed by atoms with Crippen molar-refractivity contribution in [3.8, 4) is 5.88 Å². The van der Waals surface area contributed by atoms with Crippen molar-refractivity contribution in [3.63, 3.8) is 0 Å². The van der Waals surface area contributed by atoms with Crippen LogP contribution in [0.4, 0.5) is 0 Å². The largest absolute Gasteiger partial charge is 0.470 e. The first-order valence-electron chi connectivity index (χ1n) is 13.0. The van der Waals surface area contributed by atoms with Gasteiger partial charge in [0.1, 0.15) is 5.60 Å². The highest BCUT2D eigenvalue weighted by Gasteiger charge is 2.51. The number of aliphatic hydroxyl groups excluding tert-OH is 1. The summed E-state index contributed by atoms with van der Waals surface area (Å²) < 4.78 is 6.50. The minimum absolute atomic E-state index is 0.0204. The van der Waals surface area contributed by atoms with Crippen molar-refractivity contribution < 1.29 is 14.6 Å². The lowest BCUT2D eigenvalue weighted by Crippen LogP contribution is -2.56. The molecule has 7 heteroatoms. The number of halogens is 1. The average Bonchev–Trinajstić information content (AvgIpc) is 2.81. The number of carbonyl (C=O) groups is 1. The van der Waals surface area contributed by atoms with Crippen LogP contribution in [-0.2, 0) is 17.6 Å². The Morgan fingerprint density at radius 1 is 1.28 bits per heavy atom. The predicted molar refractivity (Wildman–Crippen MR) is 143 cm³/mol. The van der Waals surface area contributed by atoms with Crippen molar-refractivity contribution in [2.45, 2.75) is 90.5 Å². The molecular weight excluding hydrogens is 474 g/mol. The predicted octanol–water partition coefficient (Wildman–Crippen LogP) is 5.01. The molecule has 0 unspecified atom stereocenters. The van der Waals surface area contributed by atoms with E-state index in [9.17, 15) is 9.90 Å². The molecular formula is C29H40ClN3O3. The van der Waals surface area contributed by atoms with Crippen molar-refractivity contribution >= 4 is 17.5 Å². The van der Waals surface area contributed by atoms with Gasteiger partial charge in [-0.25, -0.2) is 4.98 Å². The fourth-order valence-electron chi connectivity index (χ4n) is 5.46. The molecule has 5 atom stereocenters. The van der Waals surface area contributed by atoms with Crippen LogP contribution in [0.2, 0.25) is 5.02 Å². The molecule has 2 heterocycles. The minimum Gasteiger partial charge on any atom is -0.470 e. The molecule has 1 spiro atoms. The molecule has 196 valence electrons. The van der Waals surface area contributed by atoms with Gasteiger partial charge < -0.3 is 20.5 Å². The smallest absolute Gasteiger partial charge is 0.218 e. The van der Waals surface area contributed by atoms with Gasteiger partial charge in [-0.2, -0.15) is 0 Å². The number of nitrogens with one attached hydrogen (secondary N) is 2. The van der Waals surface area contributed by atoms with Crippen LogP contribution in [0.5, 0.6) is 5.88 Å². The fraction of sp³-hybridized carbons (Fsp3) is 0.586. The van der Waals surface area contributed by atoms with Crippen LogP contribution in [0.1, 0.15) is 76.6 Å². The summed E-state index contributed by atoms with van der Waals surface area (Å²) in [6, 6.07) is 9.32. The summed E-state index contributed by atoms with van der Waals surface area (Å²) in [7, 11) is 0. The van der Waals surface area contributed by atoms with Crippen LogP contribution in [0.15, 0.2) is 36.5 Å². The van der Waals surface area contributed by atoms with Crippen LogP contribution in [0.3, 0.4) is 0 Å². The van der Waals surface area contributed by atoms with Crippen molar-refractivity contribution in [3.05, 3.63) is 58.2 Å². The zero-order chi connectivity index (χ0) is 26.1. The molecule has 4 rings (SSSR count). The van der Waals surface area contributed by atoms with E-state index in [4.69, 9.17) is 21.3 Å². The molecule has 1 aliphatic carbocycles. The Kier molecular flexibility index (Phi) is 7.98. The number of aromatic nitrogens is 1. The van der Waals surface area contributed by atoms with E-state index in [-0.39, 0.29) is 23.0 Å². The van der Waals surface area contributed by atoms with Gasteiger partial charge in [0.2, 0.25) is 11.8 Å². The molecule has 2 aromatic rings. The molecule has 2 aliphatic rings. The number of carbonyl (C=O) groups excluding carboxylic acids is 1. The van der Waals surface area contributed by atoms with Crippen LogP contribution in [-0.4, -0.2) is 40.3 Å². The SMILES string of the molecule is CC(=O)N[C@@H](Cc1ccc(Cl)cc1)[C@H](O)CN[C@H]1C[C@]2(CC[C@@H]2C)Oc2ncc(CC(C)(C)C)cc21. The number of hydrogen-bond acceptors (Lipinski definition) is 5. The fourth-order valence-corrected chi connectivity index (χ4v) is 5.59. The quantitative estimate of drug-likeness (QED) is 0.462. The van der Waals surface area contributed by atoms with E-state index in [0.29, 0.717) is 29.8 Å². The molecule has 1 aromatic carbocycles. The molecule has 1 fully saturated rings. The first-order valence-corrected chi connectivity index (χ1v) is 13.4. The van der Waals surface area contributed by atoms with E-state index >= 15 is 0 Å². The van der Waals surface area contributed by atoms with E-state index in [0.717, 1.165) is 36.8 Å². The molecule has 0 saturated heterocycles. The summed E-state index contributed by atoms with van der Waals surface area (Å²) in [6.45, 7) is 10.7. The zero-order valence-electron chi connectivity index (χ0n) is 22.1. The zero-order valence-corrected chi connectivity index (χ0v) is 22.9. The monoisotopic (exact) mass is 513 g/mol. The van der Waals surface area contributed by atoms with Gasteiger partial charge in [0.25, 0.3) is 0 Å². The summed E-state index contributed by atoms with van der Waals surface area (Å²) in [5, 5.41) is 18.4. The number of aliphatic hydroxyl groups is 1.